The number of hydrogen-bond acceptors (Lipinski definition) is 11. The lowest BCUT2D eigenvalue weighted by atomic mass is 9.77. The van der Waals surface area contributed by atoms with Gasteiger partial charge in [-0.2, -0.15) is 0 Å². The maximum atomic E-state index is 14.3. The highest BCUT2D eigenvalue weighted by molar-refractivity contribution is 5.88. The Bertz CT molecular complexity index is 1340. The first kappa shape index (κ1) is 33.0. The molecule has 0 unspecified atom stereocenters. The third-order valence-corrected chi connectivity index (χ3v) is 10.5. The number of rotatable bonds is 11. The molecule has 0 aromatic heterocycles. The molecule has 4 heterocycles. The molecule has 1 amide bonds. The summed E-state index contributed by atoms with van der Waals surface area (Å²) < 4.78 is 23.7. The Hall–Kier alpha value is -2.90. The fraction of sp³-hybridized carbons (Fsp3) is 0.706. The van der Waals surface area contributed by atoms with E-state index in [1.807, 2.05) is 12.1 Å². The summed E-state index contributed by atoms with van der Waals surface area (Å²) in [5.41, 5.74) is -1.41. The number of piperazine rings is 1. The molecule has 1 spiro atoms. The van der Waals surface area contributed by atoms with Crippen molar-refractivity contribution in [2.75, 3.05) is 66.3 Å². The largest absolute Gasteiger partial charge is 0.497 e. The minimum absolute atomic E-state index is 0.0397. The van der Waals surface area contributed by atoms with Crippen LogP contribution in [0.3, 0.4) is 0 Å². The molecule has 1 aromatic carbocycles. The lowest BCUT2D eigenvalue weighted by Crippen LogP contribution is -2.53. The zero-order valence-corrected chi connectivity index (χ0v) is 27.3. The van der Waals surface area contributed by atoms with Gasteiger partial charge in [-0.15, -0.1) is 0 Å². The number of hydrogen-bond donors (Lipinski definition) is 3. The zero-order valence-electron chi connectivity index (χ0n) is 27.3. The van der Waals surface area contributed by atoms with Gasteiger partial charge in [0.25, 0.3) is 0 Å². The van der Waals surface area contributed by atoms with E-state index >= 15 is 0 Å². The second kappa shape index (κ2) is 13.0. The lowest BCUT2D eigenvalue weighted by Gasteiger charge is -2.40. The van der Waals surface area contributed by atoms with Crippen molar-refractivity contribution in [3.8, 4) is 11.5 Å². The molecule has 4 atom stereocenters. The first-order chi connectivity index (χ1) is 22.0. The van der Waals surface area contributed by atoms with Crippen molar-refractivity contribution >= 4 is 11.9 Å². The number of methoxy groups -OCH3 is 1. The molecule has 4 aliphatic heterocycles. The number of ether oxygens (including phenoxy) is 4. The first-order valence-electron chi connectivity index (χ1n) is 16.7. The summed E-state index contributed by atoms with van der Waals surface area (Å²) >= 11 is 0. The molecule has 3 N–H and O–H groups in total. The predicted molar refractivity (Wildman–Crippen MR) is 167 cm³/mol. The van der Waals surface area contributed by atoms with E-state index < -0.39 is 35.2 Å². The van der Waals surface area contributed by atoms with Gasteiger partial charge in [0, 0.05) is 39.3 Å². The normalized spacial score (nSPS) is 27.3. The van der Waals surface area contributed by atoms with E-state index in [0.29, 0.717) is 62.8 Å². The molecule has 2 fully saturated rings. The Balaban J connectivity index is 1.29. The number of carbonyl (C=O) groups excluding carboxylic acids is 2. The molecule has 12 heteroatoms. The Kier molecular flexibility index (Phi) is 9.30. The van der Waals surface area contributed by atoms with Crippen LogP contribution >= 0.6 is 0 Å². The van der Waals surface area contributed by atoms with Gasteiger partial charge in [0.2, 0.25) is 12.7 Å². The number of nitrogens with zero attached hydrogens (tertiary/aromatic N) is 3. The fourth-order valence-electron chi connectivity index (χ4n) is 8.12. The third kappa shape index (κ3) is 6.34. The van der Waals surface area contributed by atoms with Gasteiger partial charge in [-0.05, 0) is 88.3 Å². The van der Waals surface area contributed by atoms with Gasteiger partial charge in [0.1, 0.15) is 5.76 Å². The number of esters is 1. The molecule has 0 bridgehead atoms. The number of amides is 1. The number of carbonyl (C=O) groups is 2. The maximum Gasteiger partial charge on any atom is 0.339 e. The summed E-state index contributed by atoms with van der Waals surface area (Å²) in [6.45, 7) is 7.94. The molecule has 254 valence electrons. The number of benzene rings is 1. The molecule has 12 nitrogen and oxygen atoms in total. The molecule has 5 aliphatic rings. The Morgan fingerprint density at radius 3 is 2.48 bits per heavy atom. The number of β-amino-alcohol motifs (C(OH)–C–C–N with tert-alkyl or cyclic N) is 1. The zero-order chi connectivity index (χ0) is 32.7. The van der Waals surface area contributed by atoms with Crippen LogP contribution in [0.1, 0.15) is 69.4 Å². The monoisotopic (exact) mass is 643 g/mol. The van der Waals surface area contributed by atoms with E-state index in [1.165, 1.54) is 0 Å². The summed E-state index contributed by atoms with van der Waals surface area (Å²) in [4.78, 5) is 34.0. The van der Waals surface area contributed by atoms with E-state index in [0.717, 1.165) is 43.5 Å². The van der Waals surface area contributed by atoms with Crippen molar-refractivity contribution in [3.63, 3.8) is 0 Å². The number of aliphatic hydroxyl groups is 3. The summed E-state index contributed by atoms with van der Waals surface area (Å²) in [7, 11) is 1.57. The van der Waals surface area contributed by atoms with Crippen LogP contribution in [0.15, 0.2) is 24.0 Å². The standard InChI is InChI=1S/C34H49N3O9/c1-32(2,41)7-4-9-34(42,21-28(39)36-14-12-35(13-15-36)16-17-38)31(40)46-30-27(43-3)20-33-8-5-10-37(33)11-6-23-18-25-26(45-22-44-25)19-24(23)29(30)33/h18-20,29-30,38,41-42H,4-17,21-22H2,1-3H3/t29-,30-,33+,34-/m1/s1. The quantitative estimate of drug-likeness (QED) is 0.303. The Morgan fingerprint density at radius 2 is 1.78 bits per heavy atom. The van der Waals surface area contributed by atoms with Crippen molar-refractivity contribution in [1.29, 1.82) is 0 Å². The highest BCUT2D eigenvalue weighted by atomic mass is 16.7. The summed E-state index contributed by atoms with van der Waals surface area (Å²) in [6, 6.07) is 4.04. The van der Waals surface area contributed by atoms with Crippen molar-refractivity contribution in [2.45, 2.75) is 87.6 Å². The lowest BCUT2D eigenvalue weighted by molar-refractivity contribution is -0.177. The van der Waals surface area contributed by atoms with Gasteiger partial charge in [-0.25, -0.2) is 4.79 Å². The second-order valence-corrected chi connectivity index (χ2v) is 14.1. The van der Waals surface area contributed by atoms with E-state index in [4.69, 9.17) is 18.9 Å². The van der Waals surface area contributed by atoms with Gasteiger partial charge < -0.3 is 39.2 Å². The van der Waals surface area contributed by atoms with Crippen LogP contribution in [0, 0.1) is 0 Å². The molecule has 46 heavy (non-hydrogen) atoms. The van der Waals surface area contributed by atoms with Crippen LogP contribution in [0.5, 0.6) is 11.5 Å². The molecule has 2 saturated heterocycles. The van der Waals surface area contributed by atoms with E-state index in [-0.39, 0.29) is 31.6 Å². The molecular formula is C34H49N3O9. The van der Waals surface area contributed by atoms with Crippen molar-refractivity contribution in [3.05, 3.63) is 35.1 Å². The number of aliphatic hydroxyl groups excluding tert-OH is 1. The summed E-state index contributed by atoms with van der Waals surface area (Å²) in [6.07, 6.45) is 4.13. The molecule has 1 aromatic rings. The van der Waals surface area contributed by atoms with Crippen molar-refractivity contribution in [1.82, 2.24) is 14.7 Å². The maximum absolute atomic E-state index is 14.3. The smallest absolute Gasteiger partial charge is 0.339 e. The SMILES string of the molecule is COC1=C[C@]23CCCN2CCc2cc4c(cc2[C@@H]3[C@@H]1OC(=O)[C@@](O)(CCCC(C)(C)O)CC(=O)N1CCN(CCO)CC1)OCO4. The van der Waals surface area contributed by atoms with Gasteiger partial charge in [-0.3, -0.25) is 14.6 Å². The van der Waals surface area contributed by atoms with Crippen LogP contribution in [-0.2, 0) is 25.5 Å². The van der Waals surface area contributed by atoms with E-state index in [2.05, 4.69) is 15.9 Å². The molecule has 0 radical (unpaired) electrons. The summed E-state index contributed by atoms with van der Waals surface area (Å²) in [5, 5.41) is 31.7. The third-order valence-electron chi connectivity index (χ3n) is 10.5. The second-order valence-electron chi connectivity index (χ2n) is 14.1. The van der Waals surface area contributed by atoms with Gasteiger partial charge in [0.15, 0.2) is 23.2 Å². The average molecular weight is 644 g/mol. The molecule has 6 rings (SSSR count). The summed E-state index contributed by atoms with van der Waals surface area (Å²) in [5.74, 6) is 0.392. The van der Waals surface area contributed by atoms with Crippen molar-refractivity contribution < 1.29 is 43.9 Å². The molecule has 0 saturated carbocycles. The fourth-order valence-corrected chi connectivity index (χ4v) is 8.12. The van der Waals surface area contributed by atoms with Crippen LogP contribution < -0.4 is 9.47 Å². The topological polar surface area (TPSA) is 141 Å². The molecular weight excluding hydrogens is 594 g/mol. The molecule has 1 aliphatic carbocycles. The first-order valence-corrected chi connectivity index (χ1v) is 16.7. The number of fused-ring (bicyclic) bond motifs is 3. The van der Waals surface area contributed by atoms with Crippen molar-refractivity contribution in [2.24, 2.45) is 0 Å². The highest BCUT2D eigenvalue weighted by Crippen LogP contribution is 2.55. The van der Waals surface area contributed by atoms with Crippen LogP contribution in [0.4, 0.5) is 0 Å². The van der Waals surface area contributed by atoms with Gasteiger partial charge in [0.05, 0.1) is 37.2 Å². The van der Waals surface area contributed by atoms with Crippen LogP contribution in [0.25, 0.3) is 0 Å². The Labute approximate surface area is 270 Å². The minimum Gasteiger partial charge on any atom is -0.497 e. The van der Waals surface area contributed by atoms with Gasteiger partial charge in [-0.1, -0.05) is 0 Å². The van der Waals surface area contributed by atoms with Crippen LogP contribution in [0.2, 0.25) is 0 Å². The van der Waals surface area contributed by atoms with E-state index in [1.54, 1.807) is 25.9 Å². The average Bonchev–Trinajstić information content (AvgIpc) is 3.70. The predicted octanol–water partition coefficient (Wildman–Crippen LogP) is 1.54. The van der Waals surface area contributed by atoms with E-state index in [9.17, 15) is 24.9 Å². The Morgan fingerprint density at radius 1 is 1.04 bits per heavy atom. The van der Waals surface area contributed by atoms with Gasteiger partial charge >= 0.3 is 5.97 Å². The highest BCUT2D eigenvalue weighted by Gasteiger charge is 2.59. The minimum atomic E-state index is -2.10. The van der Waals surface area contributed by atoms with Crippen LogP contribution in [-0.4, -0.2) is 131 Å².